The van der Waals surface area contributed by atoms with Crippen LogP contribution in [0.4, 0.5) is 4.79 Å². The lowest BCUT2D eigenvalue weighted by Crippen LogP contribution is -2.46. The predicted molar refractivity (Wildman–Crippen MR) is 116 cm³/mol. The summed E-state index contributed by atoms with van der Waals surface area (Å²) in [5, 5.41) is 3.62. The Morgan fingerprint density at radius 1 is 1.03 bits per heavy atom. The van der Waals surface area contributed by atoms with Gasteiger partial charge in [0.2, 0.25) is 0 Å². The van der Waals surface area contributed by atoms with Crippen LogP contribution in [0, 0.1) is 0 Å². The second-order valence-electron chi connectivity index (χ2n) is 7.17. The van der Waals surface area contributed by atoms with Crippen LogP contribution in [0.5, 0.6) is 6.01 Å². The van der Waals surface area contributed by atoms with Crippen molar-refractivity contribution in [2.24, 2.45) is 0 Å². The highest BCUT2D eigenvalue weighted by atomic mass is 35.5. The number of rotatable bonds is 5. The number of amides is 2. The number of nitrogens with one attached hydrogen (secondary N) is 1. The highest BCUT2D eigenvalue weighted by Crippen LogP contribution is 2.25. The minimum atomic E-state index is -0.0902. The number of ether oxygens (including phenoxy) is 1. The summed E-state index contributed by atoms with van der Waals surface area (Å²) in [4.78, 5) is 22.5. The Morgan fingerprint density at radius 2 is 1.77 bits per heavy atom. The summed E-state index contributed by atoms with van der Waals surface area (Å²) in [5.74, 6) is 0. The molecule has 0 aliphatic carbocycles. The van der Waals surface area contributed by atoms with Crippen LogP contribution in [0.2, 0.25) is 5.02 Å². The molecular weight excluding hydrogens is 400 g/mol. The molecule has 1 aliphatic rings. The fourth-order valence-electron chi connectivity index (χ4n) is 3.46. The summed E-state index contributed by atoms with van der Waals surface area (Å²) >= 11 is 6.45. The molecule has 30 heavy (non-hydrogen) atoms. The average molecular weight is 423 g/mol. The molecule has 0 spiro atoms. The van der Waals surface area contributed by atoms with E-state index in [1.807, 2.05) is 48.5 Å². The van der Waals surface area contributed by atoms with Crippen molar-refractivity contribution in [3.63, 3.8) is 0 Å². The molecule has 0 bridgehead atoms. The second kappa shape index (κ2) is 9.59. The molecule has 1 aromatic heterocycles. The monoisotopic (exact) mass is 422 g/mol. The van der Waals surface area contributed by atoms with E-state index >= 15 is 0 Å². The van der Waals surface area contributed by atoms with Gasteiger partial charge in [-0.3, -0.25) is 0 Å². The van der Waals surface area contributed by atoms with Crippen LogP contribution in [0.1, 0.15) is 18.4 Å². The van der Waals surface area contributed by atoms with E-state index in [4.69, 9.17) is 16.3 Å². The molecule has 0 saturated carbocycles. The second-order valence-corrected chi connectivity index (χ2v) is 7.57. The Bertz CT molecular complexity index is 977. The van der Waals surface area contributed by atoms with Gasteiger partial charge in [-0.2, -0.15) is 0 Å². The van der Waals surface area contributed by atoms with Crippen LogP contribution in [-0.4, -0.2) is 40.1 Å². The molecule has 1 fully saturated rings. The van der Waals surface area contributed by atoms with E-state index in [2.05, 4.69) is 15.3 Å². The third-order valence-corrected chi connectivity index (χ3v) is 5.49. The number of aromatic nitrogens is 2. The highest BCUT2D eigenvalue weighted by Gasteiger charge is 2.24. The number of halogens is 1. The van der Waals surface area contributed by atoms with E-state index in [9.17, 15) is 4.79 Å². The number of urea groups is 1. The summed E-state index contributed by atoms with van der Waals surface area (Å²) in [5.41, 5.74) is 3.06. The van der Waals surface area contributed by atoms with Gasteiger partial charge in [0.1, 0.15) is 6.10 Å². The maximum Gasteiger partial charge on any atom is 0.317 e. The largest absolute Gasteiger partial charge is 0.460 e. The Morgan fingerprint density at radius 3 is 2.47 bits per heavy atom. The van der Waals surface area contributed by atoms with Gasteiger partial charge in [0.05, 0.1) is 0 Å². The van der Waals surface area contributed by atoms with Crippen molar-refractivity contribution in [3.8, 4) is 17.1 Å². The first-order valence-electron chi connectivity index (χ1n) is 9.99. The maximum absolute atomic E-state index is 12.5. The molecule has 2 amide bonds. The van der Waals surface area contributed by atoms with Crippen molar-refractivity contribution in [1.29, 1.82) is 0 Å². The van der Waals surface area contributed by atoms with E-state index in [0.717, 1.165) is 29.5 Å². The van der Waals surface area contributed by atoms with Crippen molar-refractivity contribution < 1.29 is 9.53 Å². The molecule has 0 radical (unpaired) electrons. The van der Waals surface area contributed by atoms with Gasteiger partial charge in [0.15, 0.2) is 0 Å². The van der Waals surface area contributed by atoms with E-state index in [1.165, 1.54) is 0 Å². The molecule has 0 unspecified atom stereocenters. The summed E-state index contributed by atoms with van der Waals surface area (Å²) < 4.78 is 5.78. The fraction of sp³-hybridized carbons (Fsp3) is 0.261. The van der Waals surface area contributed by atoms with Crippen LogP contribution >= 0.6 is 11.6 Å². The van der Waals surface area contributed by atoms with Gasteiger partial charge in [-0.25, -0.2) is 14.8 Å². The van der Waals surface area contributed by atoms with Crippen molar-refractivity contribution in [2.75, 3.05) is 13.1 Å². The Labute approximate surface area is 180 Å². The van der Waals surface area contributed by atoms with E-state index < -0.39 is 0 Å². The minimum Gasteiger partial charge on any atom is -0.460 e. The molecule has 2 aromatic carbocycles. The zero-order valence-electron chi connectivity index (χ0n) is 16.5. The first-order valence-corrected chi connectivity index (χ1v) is 10.4. The van der Waals surface area contributed by atoms with Crippen LogP contribution in [0.15, 0.2) is 67.0 Å². The van der Waals surface area contributed by atoms with Gasteiger partial charge in [0.25, 0.3) is 0 Å². The first-order chi connectivity index (χ1) is 14.7. The van der Waals surface area contributed by atoms with Gasteiger partial charge in [-0.15, -0.1) is 0 Å². The van der Waals surface area contributed by atoms with Crippen molar-refractivity contribution in [2.45, 2.75) is 25.5 Å². The van der Waals surface area contributed by atoms with Gasteiger partial charge in [0, 0.05) is 49.9 Å². The number of carbonyl (C=O) groups is 1. The number of carbonyl (C=O) groups excluding carboxylic acids is 1. The van der Waals surface area contributed by atoms with Crippen molar-refractivity contribution in [1.82, 2.24) is 20.2 Å². The zero-order valence-corrected chi connectivity index (χ0v) is 17.3. The van der Waals surface area contributed by atoms with Crippen molar-refractivity contribution >= 4 is 17.6 Å². The standard InChI is InChI=1S/C23H23ClN4O2/c24-21-15-18(17-5-2-1-3-6-17)7-8-19(21)16-27-23(29)28-13-9-20(10-14-28)30-22-25-11-4-12-26-22/h1-8,11-12,15,20H,9-10,13-14,16H2,(H,27,29). The third kappa shape index (κ3) is 5.07. The molecule has 1 saturated heterocycles. The smallest absolute Gasteiger partial charge is 0.317 e. The number of piperidine rings is 1. The number of hydrogen-bond acceptors (Lipinski definition) is 4. The summed E-state index contributed by atoms with van der Waals surface area (Å²) in [7, 11) is 0. The number of hydrogen-bond donors (Lipinski definition) is 1. The SMILES string of the molecule is O=C(NCc1ccc(-c2ccccc2)cc1Cl)N1CCC(Oc2ncccn2)CC1. The molecular formula is C23H23ClN4O2. The Kier molecular flexibility index (Phi) is 6.44. The van der Waals surface area contributed by atoms with Gasteiger partial charge >= 0.3 is 12.0 Å². The molecule has 7 heteroatoms. The van der Waals surface area contributed by atoms with Crippen LogP contribution in [0.3, 0.4) is 0 Å². The first kappa shape index (κ1) is 20.2. The fourth-order valence-corrected chi connectivity index (χ4v) is 3.70. The summed E-state index contributed by atoms with van der Waals surface area (Å²) in [6.07, 6.45) is 4.83. The quantitative estimate of drug-likeness (QED) is 0.655. The minimum absolute atomic E-state index is 0.0245. The van der Waals surface area contributed by atoms with Gasteiger partial charge in [-0.05, 0) is 28.8 Å². The Balaban J connectivity index is 1.27. The maximum atomic E-state index is 12.5. The van der Waals surface area contributed by atoms with Crippen molar-refractivity contribution in [3.05, 3.63) is 77.6 Å². The molecule has 6 nitrogen and oxygen atoms in total. The zero-order chi connectivity index (χ0) is 20.8. The molecule has 1 N–H and O–H groups in total. The van der Waals surface area contributed by atoms with E-state index in [0.29, 0.717) is 30.7 Å². The van der Waals surface area contributed by atoms with Gasteiger partial charge < -0.3 is 15.0 Å². The van der Waals surface area contributed by atoms with E-state index in [-0.39, 0.29) is 12.1 Å². The normalized spacial score (nSPS) is 14.4. The highest BCUT2D eigenvalue weighted by molar-refractivity contribution is 6.31. The van der Waals surface area contributed by atoms with Crippen LogP contribution in [-0.2, 0) is 6.54 Å². The average Bonchev–Trinajstić information content (AvgIpc) is 2.80. The lowest BCUT2D eigenvalue weighted by Gasteiger charge is -2.31. The molecule has 1 aliphatic heterocycles. The Hall–Kier alpha value is -3.12. The van der Waals surface area contributed by atoms with Crippen LogP contribution in [0.25, 0.3) is 11.1 Å². The molecule has 3 aromatic rings. The lowest BCUT2D eigenvalue weighted by molar-refractivity contribution is 0.103. The molecule has 4 rings (SSSR count). The van der Waals surface area contributed by atoms with E-state index in [1.54, 1.807) is 23.4 Å². The number of benzene rings is 2. The van der Waals surface area contributed by atoms with Gasteiger partial charge in [-0.1, -0.05) is 54.1 Å². The molecule has 0 atom stereocenters. The molecule has 2 heterocycles. The topological polar surface area (TPSA) is 67.4 Å². The summed E-state index contributed by atoms with van der Waals surface area (Å²) in [6.45, 7) is 1.65. The summed E-state index contributed by atoms with van der Waals surface area (Å²) in [6, 6.07) is 18.0. The van der Waals surface area contributed by atoms with Crippen LogP contribution < -0.4 is 10.1 Å². The number of nitrogens with zero attached hydrogens (tertiary/aromatic N) is 3. The lowest BCUT2D eigenvalue weighted by atomic mass is 10.0. The third-order valence-electron chi connectivity index (χ3n) is 5.13. The number of likely N-dealkylation sites (tertiary alicyclic amines) is 1. The predicted octanol–water partition coefficient (Wildman–Crippen LogP) is 4.55. The molecule has 154 valence electrons.